The summed E-state index contributed by atoms with van der Waals surface area (Å²) >= 11 is 1.93. The van der Waals surface area contributed by atoms with E-state index < -0.39 is 0 Å². The van der Waals surface area contributed by atoms with E-state index in [2.05, 4.69) is 63.5 Å². The van der Waals surface area contributed by atoms with E-state index in [0.717, 1.165) is 0 Å². The quantitative estimate of drug-likeness (QED) is 0.666. The molecule has 1 atom stereocenters. The molecule has 5 rings (SSSR count). The highest BCUT2D eigenvalue weighted by molar-refractivity contribution is 7.11. The molecule has 2 aliphatic rings. The first kappa shape index (κ1) is 12.7. The number of thiophene rings is 1. The van der Waals surface area contributed by atoms with E-state index >= 15 is 0 Å². The fraction of sp³-hybridized carbons (Fsp3) is 0.263. The number of nitrogens with zero attached hydrogens (tertiary/aromatic N) is 2. The molecule has 3 heteroatoms. The van der Waals surface area contributed by atoms with E-state index in [1.54, 1.807) is 0 Å². The highest BCUT2D eigenvalue weighted by Crippen LogP contribution is 2.49. The minimum atomic E-state index is 0.468. The lowest BCUT2D eigenvalue weighted by molar-refractivity contribution is 0.285. The predicted octanol–water partition coefficient (Wildman–Crippen LogP) is 4.70. The van der Waals surface area contributed by atoms with Crippen molar-refractivity contribution in [3.63, 3.8) is 0 Å². The Bertz CT molecular complexity index is 809. The molecule has 2 nitrogen and oxygen atoms in total. The lowest BCUT2D eigenvalue weighted by atomic mass is 10.1. The van der Waals surface area contributed by atoms with E-state index in [0.29, 0.717) is 6.04 Å². The van der Waals surface area contributed by atoms with Crippen LogP contribution in [0.2, 0.25) is 0 Å². The summed E-state index contributed by atoms with van der Waals surface area (Å²) < 4.78 is 2.41. The van der Waals surface area contributed by atoms with Crippen molar-refractivity contribution >= 4 is 11.3 Å². The van der Waals surface area contributed by atoms with E-state index in [1.807, 2.05) is 11.3 Å². The molecule has 0 radical (unpaired) electrons. The maximum atomic E-state index is 2.66. The molecule has 1 saturated heterocycles. The van der Waals surface area contributed by atoms with Gasteiger partial charge in [0.25, 0.3) is 0 Å². The largest absolute Gasteiger partial charge is 0.317 e. The second-order valence-corrected chi connectivity index (χ2v) is 7.09. The first-order valence-corrected chi connectivity index (χ1v) is 8.90. The summed E-state index contributed by atoms with van der Waals surface area (Å²) in [4.78, 5) is 4.18. The molecule has 110 valence electrons. The van der Waals surface area contributed by atoms with Gasteiger partial charge in [-0.25, -0.2) is 0 Å². The summed E-state index contributed by atoms with van der Waals surface area (Å²) in [5.41, 5.74) is 5.55. The summed E-state index contributed by atoms with van der Waals surface area (Å²) in [5.74, 6) is 0. The molecule has 0 aliphatic carbocycles. The van der Waals surface area contributed by atoms with E-state index in [9.17, 15) is 0 Å². The van der Waals surface area contributed by atoms with Gasteiger partial charge in [0, 0.05) is 22.8 Å². The molecule has 0 saturated carbocycles. The molecule has 0 spiro atoms. The summed E-state index contributed by atoms with van der Waals surface area (Å²) in [6.45, 7) is 2.46. The number of rotatable bonds is 2. The van der Waals surface area contributed by atoms with Crippen LogP contribution in [0.25, 0.3) is 16.8 Å². The normalized spacial score (nSPS) is 20.3. The van der Waals surface area contributed by atoms with Crippen LogP contribution in [-0.4, -0.2) is 22.6 Å². The van der Waals surface area contributed by atoms with Crippen molar-refractivity contribution < 1.29 is 0 Å². The number of likely N-dealkylation sites (tertiary alicyclic amines) is 1. The minimum Gasteiger partial charge on any atom is -0.317 e. The number of hydrogen-bond acceptors (Lipinski definition) is 2. The van der Waals surface area contributed by atoms with Crippen molar-refractivity contribution in [3.05, 3.63) is 64.6 Å². The molecular weight excluding hydrogens is 288 g/mol. The van der Waals surface area contributed by atoms with Gasteiger partial charge in [-0.2, -0.15) is 0 Å². The lowest BCUT2D eigenvalue weighted by Gasteiger charge is -2.22. The Kier molecular flexibility index (Phi) is 2.79. The van der Waals surface area contributed by atoms with Crippen LogP contribution in [0, 0.1) is 0 Å². The van der Waals surface area contributed by atoms with Crippen molar-refractivity contribution in [1.29, 1.82) is 0 Å². The van der Waals surface area contributed by atoms with Gasteiger partial charge in [-0.05, 0) is 43.6 Å². The third kappa shape index (κ3) is 1.70. The topological polar surface area (TPSA) is 8.17 Å². The Hall–Kier alpha value is -1.84. The number of benzene rings is 1. The maximum Gasteiger partial charge on any atom is 0.0874 e. The standard InChI is InChI=1S/C19H18N2S/c1-2-7-14(8-3-1)15-13-22-19-17(15)21-12-6-9-16(21)18(19)20-10-4-5-11-20/h1-3,6-9,12-13,18H,4-5,10-11H2. The first-order chi connectivity index (χ1) is 10.9. The van der Waals surface area contributed by atoms with Crippen LogP contribution in [-0.2, 0) is 0 Å². The molecule has 1 fully saturated rings. The first-order valence-electron chi connectivity index (χ1n) is 8.02. The second-order valence-electron chi connectivity index (χ2n) is 6.18. The Morgan fingerprint density at radius 2 is 1.77 bits per heavy atom. The van der Waals surface area contributed by atoms with Crippen LogP contribution < -0.4 is 0 Å². The van der Waals surface area contributed by atoms with Crippen LogP contribution in [0.3, 0.4) is 0 Å². The van der Waals surface area contributed by atoms with Gasteiger partial charge in [0.05, 0.1) is 16.6 Å². The van der Waals surface area contributed by atoms with Gasteiger partial charge in [-0.1, -0.05) is 30.3 Å². The Morgan fingerprint density at radius 1 is 0.955 bits per heavy atom. The molecule has 0 N–H and O–H groups in total. The lowest BCUT2D eigenvalue weighted by Crippen LogP contribution is -2.24. The average Bonchev–Trinajstić information content (AvgIpc) is 3.30. The highest BCUT2D eigenvalue weighted by atomic mass is 32.1. The van der Waals surface area contributed by atoms with Crippen LogP contribution in [0.15, 0.2) is 54.0 Å². The van der Waals surface area contributed by atoms with Crippen LogP contribution in [0.5, 0.6) is 0 Å². The van der Waals surface area contributed by atoms with E-state index in [-0.39, 0.29) is 0 Å². The zero-order valence-electron chi connectivity index (χ0n) is 12.4. The fourth-order valence-corrected chi connectivity index (χ4v) is 5.15. The van der Waals surface area contributed by atoms with Crippen molar-refractivity contribution in [2.75, 3.05) is 13.1 Å². The minimum absolute atomic E-state index is 0.468. The SMILES string of the molecule is c1ccc(-c2csc3c2-n2cccc2C3N2CCCC2)cc1. The fourth-order valence-electron chi connectivity index (χ4n) is 3.94. The number of hydrogen-bond donors (Lipinski definition) is 0. The third-order valence-corrected chi connectivity index (χ3v) is 5.96. The number of fused-ring (bicyclic) bond motifs is 3. The van der Waals surface area contributed by atoms with Crippen molar-refractivity contribution in [1.82, 2.24) is 9.47 Å². The van der Waals surface area contributed by atoms with Gasteiger partial charge in [-0.3, -0.25) is 4.90 Å². The summed E-state index contributed by atoms with van der Waals surface area (Å²) in [5, 5.41) is 2.34. The molecule has 1 unspecified atom stereocenters. The van der Waals surface area contributed by atoms with Crippen molar-refractivity contribution in [2.45, 2.75) is 18.9 Å². The van der Waals surface area contributed by atoms with Gasteiger partial charge < -0.3 is 4.57 Å². The smallest absolute Gasteiger partial charge is 0.0874 e. The second kappa shape index (κ2) is 4.83. The van der Waals surface area contributed by atoms with Crippen LogP contribution in [0.1, 0.15) is 29.5 Å². The Labute approximate surface area is 134 Å². The van der Waals surface area contributed by atoms with Crippen molar-refractivity contribution in [3.8, 4) is 16.8 Å². The molecule has 0 bridgehead atoms. The van der Waals surface area contributed by atoms with Gasteiger partial charge in [0.15, 0.2) is 0 Å². The van der Waals surface area contributed by atoms with Gasteiger partial charge in [-0.15, -0.1) is 11.3 Å². The molecule has 4 heterocycles. The van der Waals surface area contributed by atoms with Gasteiger partial charge in [0.2, 0.25) is 0 Å². The molecule has 22 heavy (non-hydrogen) atoms. The zero-order chi connectivity index (χ0) is 14.5. The molecule has 1 aromatic carbocycles. The molecular formula is C19H18N2S. The maximum absolute atomic E-state index is 2.66. The Balaban J connectivity index is 1.70. The molecule has 0 amide bonds. The van der Waals surface area contributed by atoms with E-state index in [1.165, 1.54) is 53.3 Å². The monoisotopic (exact) mass is 306 g/mol. The van der Waals surface area contributed by atoms with Crippen LogP contribution in [0.4, 0.5) is 0 Å². The van der Waals surface area contributed by atoms with Gasteiger partial charge in [0.1, 0.15) is 0 Å². The van der Waals surface area contributed by atoms with Gasteiger partial charge >= 0.3 is 0 Å². The molecule has 2 aromatic heterocycles. The number of aromatic nitrogens is 1. The molecule has 2 aliphatic heterocycles. The zero-order valence-corrected chi connectivity index (χ0v) is 13.2. The predicted molar refractivity (Wildman–Crippen MR) is 91.7 cm³/mol. The average molecular weight is 306 g/mol. The summed E-state index contributed by atoms with van der Waals surface area (Å²) in [6, 6.07) is 15.7. The summed E-state index contributed by atoms with van der Waals surface area (Å²) in [7, 11) is 0. The molecule has 3 aromatic rings. The Morgan fingerprint density at radius 3 is 2.59 bits per heavy atom. The van der Waals surface area contributed by atoms with Crippen molar-refractivity contribution in [2.24, 2.45) is 0 Å². The highest BCUT2D eigenvalue weighted by Gasteiger charge is 2.37. The third-order valence-electron chi connectivity index (χ3n) is 4.93. The van der Waals surface area contributed by atoms with E-state index in [4.69, 9.17) is 0 Å². The van der Waals surface area contributed by atoms with Crippen LogP contribution >= 0.6 is 11.3 Å². The summed E-state index contributed by atoms with van der Waals surface area (Å²) in [6.07, 6.45) is 4.90.